The van der Waals surface area contributed by atoms with Gasteiger partial charge in [-0.1, -0.05) is 41.7 Å². The van der Waals surface area contributed by atoms with E-state index in [0.717, 1.165) is 18.0 Å². The fourth-order valence-electron chi connectivity index (χ4n) is 0.784. The van der Waals surface area contributed by atoms with E-state index in [1.807, 2.05) is 6.92 Å². The zero-order valence-electron chi connectivity index (χ0n) is 7.38. The highest BCUT2D eigenvalue weighted by Gasteiger charge is 2.28. The maximum absolute atomic E-state index is 5.67. The Morgan fingerprint density at radius 1 is 1.50 bits per heavy atom. The summed E-state index contributed by atoms with van der Waals surface area (Å²) in [5.41, 5.74) is 0. The van der Waals surface area contributed by atoms with Gasteiger partial charge in [0.05, 0.1) is 0 Å². The molecule has 1 aromatic rings. The second-order valence-corrected chi connectivity index (χ2v) is 5.60. The molecule has 0 bridgehead atoms. The van der Waals surface area contributed by atoms with Gasteiger partial charge in [-0.3, -0.25) is 5.01 Å². The van der Waals surface area contributed by atoms with Gasteiger partial charge in [-0.05, 0) is 6.42 Å². The predicted molar refractivity (Wildman–Crippen MR) is 61.0 cm³/mol. The van der Waals surface area contributed by atoms with Gasteiger partial charge in [0.1, 0.15) is 0 Å². The van der Waals surface area contributed by atoms with Crippen molar-refractivity contribution in [3.63, 3.8) is 0 Å². The third-order valence-corrected chi connectivity index (χ3v) is 2.64. The third-order valence-electron chi connectivity index (χ3n) is 1.38. The molecule has 0 atom stereocenters. The van der Waals surface area contributed by atoms with Crippen LogP contribution >= 0.6 is 46.3 Å². The van der Waals surface area contributed by atoms with Crippen LogP contribution in [0.2, 0.25) is 0 Å². The molecule has 0 amide bonds. The van der Waals surface area contributed by atoms with Crippen molar-refractivity contribution in [2.75, 3.05) is 11.6 Å². The Kier molecular flexibility index (Phi) is 4.21. The maximum atomic E-state index is 5.67. The van der Waals surface area contributed by atoms with Crippen LogP contribution in [0.4, 0.5) is 5.13 Å². The summed E-state index contributed by atoms with van der Waals surface area (Å²) in [6, 6.07) is 0. The van der Waals surface area contributed by atoms with Crippen molar-refractivity contribution in [2.45, 2.75) is 17.1 Å². The maximum Gasteiger partial charge on any atom is 0.251 e. The van der Waals surface area contributed by atoms with Crippen molar-refractivity contribution in [3.8, 4) is 0 Å². The van der Waals surface area contributed by atoms with Gasteiger partial charge in [0, 0.05) is 18.1 Å². The Hall–Kier alpha value is 0.190. The van der Waals surface area contributed by atoms with E-state index >= 15 is 0 Å². The Balaban J connectivity index is 2.78. The second kappa shape index (κ2) is 4.81. The summed E-state index contributed by atoms with van der Waals surface area (Å²) < 4.78 is 2.32. The Morgan fingerprint density at radius 2 is 2.14 bits per heavy atom. The number of hydrogen-bond donors (Lipinski definition) is 1. The fourth-order valence-corrected chi connectivity index (χ4v) is 1.86. The Labute approximate surface area is 101 Å². The van der Waals surface area contributed by atoms with E-state index in [9.17, 15) is 0 Å². The molecule has 0 aliphatic rings. The number of aromatic nitrogens is 2. The second-order valence-electron chi connectivity index (χ2n) is 2.59. The van der Waals surface area contributed by atoms with Crippen LogP contribution < -0.4 is 10.9 Å². The first-order chi connectivity index (χ1) is 6.45. The molecule has 0 saturated heterocycles. The number of halogens is 3. The van der Waals surface area contributed by atoms with Crippen molar-refractivity contribution < 1.29 is 0 Å². The van der Waals surface area contributed by atoms with Gasteiger partial charge in [0.15, 0.2) is 5.82 Å². The molecule has 14 heavy (non-hydrogen) atoms. The minimum atomic E-state index is -1.58. The van der Waals surface area contributed by atoms with Crippen LogP contribution in [0.25, 0.3) is 0 Å². The molecule has 1 rings (SSSR count). The van der Waals surface area contributed by atoms with Crippen molar-refractivity contribution >= 4 is 51.5 Å². The molecule has 0 unspecified atom stereocenters. The van der Waals surface area contributed by atoms with E-state index in [-0.39, 0.29) is 5.82 Å². The summed E-state index contributed by atoms with van der Waals surface area (Å²) in [4.78, 5) is 4.01. The first-order valence-corrected chi connectivity index (χ1v) is 5.79. The molecule has 2 N–H and O–H groups in total. The van der Waals surface area contributed by atoms with Gasteiger partial charge in [-0.2, -0.15) is 9.36 Å². The lowest BCUT2D eigenvalue weighted by molar-refractivity contribution is 0.797. The van der Waals surface area contributed by atoms with Gasteiger partial charge < -0.3 is 0 Å². The van der Waals surface area contributed by atoms with Crippen molar-refractivity contribution in [1.82, 2.24) is 9.36 Å². The van der Waals surface area contributed by atoms with Gasteiger partial charge >= 0.3 is 0 Å². The van der Waals surface area contributed by atoms with Gasteiger partial charge in [-0.25, -0.2) is 5.84 Å². The average molecular weight is 276 g/mol. The summed E-state index contributed by atoms with van der Waals surface area (Å²) in [6.07, 6.45) is 0.916. The molecule has 0 fully saturated rings. The molecule has 1 aromatic heterocycles. The van der Waals surface area contributed by atoms with E-state index in [1.165, 1.54) is 5.01 Å². The minimum absolute atomic E-state index is 0.161. The highest BCUT2D eigenvalue weighted by atomic mass is 35.6. The monoisotopic (exact) mass is 274 g/mol. The number of alkyl halides is 3. The lowest BCUT2D eigenvalue weighted by atomic mass is 10.5. The smallest absolute Gasteiger partial charge is 0.251 e. The standard InChI is InChI=1S/C6H9Cl3N4S/c1-2-3-13(10)5-11-4(12-14-5)6(7,8)9/h2-3,10H2,1H3. The van der Waals surface area contributed by atoms with Crippen LogP contribution in [0.3, 0.4) is 0 Å². The molecule has 0 spiro atoms. The van der Waals surface area contributed by atoms with Crippen LogP contribution in [0.15, 0.2) is 0 Å². The lowest BCUT2D eigenvalue weighted by Gasteiger charge is -2.12. The van der Waals surface area contributed by atoms with Crippen molar-refractivity contribution in [2.24, 2.45) is 5.84 Å². The minimum Gasteiger partial charge on any atom is -0.285 e. The average Bonchev–Trinajstić information content (AvgIpc) is 2.51. The van der Waals surface area contributed by atoms with Crippen LogP contribution in [0, 0.1) is 0 Å². The third kappa shape index (κ3) is 3.10. The molecule has 8 heteroatoms. The largest absolute Gasteiger partial charge is 0.285 e. The molecular weight excluding hydrogens is 267 g/mol. The van der Waals surface area contributed by atoms with Crippen molar-refractivity contribution in [3.05, 3.63) is 5.82 Å². The lowest BCUT2D eigenvalue weighted by Crippen LogP contribution is -2.31. The fraction of sp³-hybridized carbons (Fsp3) is 0.667. The number of rotatable bonds is 3. The zero-order chi connectivity index (χ0) is 10.8. The van der Waals surface area contributed by atoms with E-state index in [0.29, 0.717) is 11.7 Å². The summed E-state index contributed by atoms with van der Waals surface area (Å²) in [6.45, 7) is 2.70. The molecule has 0 radical (unpaired) electrons. The topological polar surface area (TPSA) is 55.0 Å². The molecule has 0 saturated carbocycles. The van der Waals surface area contributed by atoms with Gasteiger partial charge in [0.2, 0.25) is 5.13 Å². The molecule has 0 aliphatic carbocycles. The van der Waals surface area contributed by atoms with E-state index in [2.05, 4.69) is 9.36 Å². The molecule has 4 nitrogen and oxygen atoms in total. The Bertz CT molecular complexity index is 298. The van der Waals surface area contributed by atoms with Crippen LogP contribution in [0.1, 0.15) is 19.2 Å². The SMILES string of the molecule is CCCN(N)c1nc(C(Cl)(Cl)Cl)ns1. The Morgan fingerprint density at radius 3 is 2.57 bits per heavy atom. The molecule has 80 valence electrons. The van der Waals surface area contributed by atoms with Crippen LogP contribution in [0.5, 0.6) is 0 Å². The number of hydrazine groups is 1. The van der Waals surface area contributed by atoms with Crippen LogP contribution in [-0.2, 0) is 3.79 Å². The quantitative estimate of drug-likeness (QED) is 0.523. The molecule has 0 aliphatic heterocycles. The van der Waals surface area contributed by atoms with Gasteiger partial charge in [-0.15, -0.1) is 0 Å². The number of anilines is 1. The summed E-state index contributed by atoms with van der Waals surface area (Å²) in [7, 11) is 0. The summed E-state index contributed by atoms with van der Waals surface area (Å²) in [5.74, 6) is 5.84. The number of nitrogens with two attached hydrogens (primary N) is 1. The van der Waals surface area contributed by atoms with Crippen LogP contribution in [-0.4, -0.2) is 15.9 Å². The first kappa shape index (κ1) is 12.3. The highest BCUT2D eigenvalue weighted by molar-refractivity contribution is 7.09. The summed E-state index contributed by atoms with van der Waals surface area (Å²) >= 11 is 17.9. The molecule has 0 aromatic carbocycles. The first-order valence-electron chi connectivity index (χ1n) is 3.88. The number of nitrogens with zero attached hydrogens (tertiary/aromatic N) is 3. The molecule has 1 heterocycles. The van der Waals surface area contributed by atoms with Crippen molar-refractivity contribution in [1.29, 1.82) is 0 Å². The number of hydrogen-bond acceptors (Lipinski definition) is 5. The highest BCUT2D eigenvalue weighted by Crippen LogP contribution is 2.37. The predicted octanol–water partition coefficient (Wildman–Crippen LogP) is 2.45. The van der Waals surface area contributed by atoms with Gasteiger partial charge in [0.25, 0.3) is 3.79 Å². The molecular formula is C6H9Cl3N4S. The summed E-state index contributed by atoms with van der Waals surface area (Å²) in [5, 5.41) is 2.03. The van der Waals surface area contributed by atoms with E-state index < -0.39 is 3.79 Å². The van der Waals surface area contributed by atoms with E-state index in [4.69, 9.17) is 40.6 Å². The zero-order valence-corrected chi connectivity index (χ0v) is 10.5. The normalized spacial score (nSPS) is 11.8. The van der Waals surface area contributed by atoms with E-state index in [1.54, 1.807) is 0 Å².